The Bertz CT molecular complexity index is 233. The number of aliphatic hydroxyl groups excluding tert-OH is 1. The van der Waals surface area contributed by atoms with Crippen LogP contribution in [0.25, 0.3) is 0 Å². The van der Waals surface area contributed by atoms with Crippen molar-refractivity contribution >= 4 is 15.9 Å². The molecule has 1 heterocycles. The maximum absolute atomic E-state index is 9.70. The molecule has 0 aromatic heterocycles. The number of aliphatic hydroxyl groups is 1. The molecule has 0 radical (unpaired) electrons. The summed E-state index contributed by atoms with van der Waals surface area (Å²) in [7, 11) is 0. The molecular weight excluding hydrogens is 236 g/mol. The van der Waals surface area contributed by atoms with Gasteiger partial charge in [-0.2, -0.15) is 0 Å². The van der Waals surface area contributed by atoms with Gasteiger partial charge in [-0.1, -0.05) is 28.9 Å². The van der Waals surface area contributed by atoms with Crippen LogP contribution in [0.1, 0.15) is 13.3 Å². The van der Waals surface area contributed by atoms with Gasteiger partial charge in [-0.3, -0.25) is 0 Å². The Kier molecular flexibility index (Phi) is 2.49. The van der Waals surface area contributed by atoms with E-state index in [1.165, 1.54) is 0 Å². The quantitative estimate of drug-likeness (QED) is 0.705. The van der Waals surface area contributed by atoms with Gasteiger partial charge in [-0.25, -0.2) is 0 Å². The molecule has 2 aliphatic rings. The highest BCUT2D eigenvalue weighted by Crippen LogP contribution is 2.43. The molecule has 1 N–H and O–H groups in total. The molecule has 2 atom stereocenters. The lowest BCUT2D eigenvalue weighted by Crippen LogP contribution is -2.46. The Labute approximate surface area is 85.8 Å². The number of ether oxygens (including phenoxy) is 2. The van der Waals surface area contributed by atoms with Crippen molar-refractivity contribution in [1.82, 2.24) is 0 Å². The molecule has 0 aromatic carbocycles. The lowest BCUT2D eigenvalue weighted by molar-refractivity contribution is -0.182. The lowest BCUT2D eigenvalue weighted by atomic mass is 9.87. The van der Waals surface area contributed by atoms with Crippen molar-refractivity contribution in [2.45, 2.75) is 25.2 Å². The maximum atomic E-state index is 9.70. The van der Waals surface area contributed by atoms with Crippen molar-refractivity contribution in [1.29, 1.82) is 0 Å². The molecule has 2 rings (SSSR count). The molecule has 74 valence electrons. The molecule has 4 heteroatoms. The summed E-state index contributed by atoms with van der Waals surface area (Å²) >= 11 is 3.44. The van der Waals surface area contributed by atoms with Crippen LogP contribution >= 0.6 is 15.9 Å². The monoisotopic (exact) mass is 248 g/mol. The van der Waals surface area contributed by atoms with Crippen molar-refractivity contribution in [3.05, 3.63) is 10.6 Å². The normalized spacial score (nSPS) is 37.9. The Morgan fingerprint density at radius 1 is 1.54 bits per heavy atom. The van der Waals surface area contributed by atoms with Crippen LogP contribution < -0.4 is 0 Å². The van der Waals surface area contributed by atoms with E-state index in [9.17, 15) is 5.11 Å². The Morgan fingerprint density at radius 2 is 2.15 bits per heavy atom. The van der Waals surface area contributed by atoms with E-state index in [1.807, 2.05) is 13.0 Å². The van der Waals surface area contributed by atoms with E-state index >= 15 is 0 Å². The molecule has 1 fully saturated rings. The van der Waals surface area contributed by atoms with Gasteiger partial charge in [-0.15, -0.1) is 0 Å². The molecule has 1 saturated heterocycles. The van der Waals surface area contributed by atoms with Crippen LogP contribution in [0.5, 0.6) is 0 Å². The molecule has 0 amide bonds. The van der Waals surface area contributed by atoms with Gasteiger partial charge in [0.05, 0.1) is 23.8 Å². The van der Waals surface area contributed by atoms with Crippen LogP contribution in [0.15, 0.2) is 10.6 Å². The number of hydrogen-bond donors (Lipinski definition) is 1. The third-order valence-electron chi connectivity index (χ3n) is 2.76. The fourth-order valence-corrected chi connectivity index (χ4v) is 2.65. The van der Waals surface area contributed by atoms with Gasteiger partial charge in [0, 0.05) is 5.92 Å². The van der Waals surface area contributed by atoms with Crippen LogP contribution in [0, 0.1) is 5.92 Å². The van der Waals surface area contributed by atoms with Gasteiger partial charge in [0.2, 0.25) is 5.79 Å². The molecule has 13 heavy (non-hydrogen) atoms. The number of hydrogen-bond acceptors (Lipinski definition) is 3. The topological polar surface area (TPSA) is 38.7 Å². The first-order chi connectivity index (χ1) is 6.17. The fraction of sp³-hybridized carbons (Fsp3) is 0.778. The first-order valence-electron chi connectivity index (χ1n) is 4.49. The SMILES string of the molecule is C[C@H]1[C@@H](O)CC=C(Br)C12OCCO2. The van der Waals surface area contributed by atoms with Crippen LogP contribution in [0.3, 0.4) is 0 Å². The van der Waals surface area contributed by atoms with Crippen LogP contribution in [0.4, 0.5) is 0 Å². The van der Waals surface area contributed by atoms with E-state index in [4.69, 9.17) is 9.47 Å². The molecule has 3 nitrogen and oxygen atoms in total. The third-order valence-corrected chi connectivity index (χ3v) is 3.64. The second-order valence-electron chi connectivity index (χ2n) is 3.51. The zero-order valence-electron chi connectivity index (χ0n) is 7.50. The Morgan fingerprint density at radius 3 is 2.77 bits per heavy atom. The maximum Gasteiger partial charge on any atom is 0.206 e. The smallest absolute Gasteiger partial charge is 0.206 e. The van der Waals surface area contributed by atoms with Crippen molar-refractivity contribution in [3.8, 4) is 0 Å². The highest BCUT2D eigenvalue weighted by molar-refractivity contribution is 9.11. The predicted octanol–water partition coefficient (Wildman–Crippen LogP) is 1.41. The summed E-state index contributed by atoms with van der Waals surface area (Å²) in [5.41, 5.74) is 0. The average molecular weight is 249 g/mol. The summed E-state index contributed by atoms with van der Waals surface area (Å²) in [4.78, 5) is 0. The molecule has 1 aliphatic carbocycles. The van der Waals surface area contributed by atoms with E-state index in [1.54, 1.807) is 0 Å². The molecule has 0 unspecified atom stereocenters. The second-order valence-corrected chi connectivity index (χ2v) is 4.36. The minimum Gasteiger partial charge on any atom is -0.392 e. The summed E-state index contributed by atoms with van der Waals surface area (Å²) in [5, 5.41) is 9.70. The van der Waals surface area contributed by atoms with Crippen molar-refractivity contribution < 1.29 is 14.6 Å². The summed E-state index contributed by atoms with van der Waals surface area (Å²) in [6, 6.07) is 0. The fourth-order valence-electron chi connectivity index (χ4n) is 1.87. The lowest BCUT2D eigenvalue weighted by Gasteiger charge is -2.38. The van der Waals surface area contributed by atoms with Crippen LogP contribution in [-0.4, -0.2) is 30.2 Å². The summed E-state index contributed by atoms with van der Waals surface area (Å²) in [6.45, 7) is 3.14. The zero-order valence-corrected chi connectivity index (χ0v) is 9.08. The molecule has 0 bridgehead atoms. The van der Waals surface area contributed by atoms with E-state index in [-0.39, 0.29) is 12.0 Å². The first-order valence-corrected chi connectivity index (χ1v) is 5.28. The van der Waals surface area contributed by atoms with Gasteiger partial charge in [0.1, 0.15) is 0 Å². The minimum absolute atomic E-state index is 0.0191. The minimum atomic E-state index is -0.711. The van der Waals surface area contributed by atoms with Crippen molar-refractivity contribution in [3.63, 3.8) is 0 Å². The van der Waals surface area contributed by atoms with Crippen molar-refractivity contribution in [2.75, 3.05) is 13.2 Å². The van der Waals surface area contributed by atoms with Gasteiger partial charge < -0.3 is 14.6 Å². The van der Waals surface area contributed by atoms with Crippen LogP contribution in [-0.2, 0) is 9.47 Å². The van der Waals surface area contributed by atoms with Crippen LogP contribution in [0.2, 0.25) is 0 Å². The van der Waals surface area contributed by atoms with Gasteiger partial charge >= 0.3 is 0 Å². The van der Waals surface area contributed by atoms with Crippen molar-refractivity contribution in [2.24, 2.45) is 5.92 Å². The molecule has 0 aromatic rings. The first kappa shape index (κ1) is 9.65. The Hall–Kier alpha value is 0.1000. The average Bonchev–Trinajstić information content (AvgIpc) is 2.59. The molecular formula is C9H13BrO3. The summed E-state index contributed by atoms with van der Waals surface area (Å²) in [5.74, 6) is -0.730. The highest BCUT2D eigenvalue weighted by Gasteiger charge is 2.49. The van der Waals surface area contributed by atoms with E-state index in [0.717, 1.165) is 4.48 Å². The summed E-state index contributed by atoms with van der Waals surface area (Å²) in [6.07, 6.45) is 2.21. The largest absolute Gasteiger partial charge is 0.392 e. The van der Waals surface area contributed by atoms with E-state index in [0.29, 0.717) is 19.6 Å². The zero-order chi connectivity index (χ0) is 9.47. The Balaban J connectivity index is 2.32. The van der Waals surface area contributed by atoms with E-state index < -0.39 is 5.79 Å². The highest BCUT2D eigenvalue weighted by atomic mass is 79.9. The van der Waals surface area contributed by atoms with Gasteiger partial charge in [0.25, 0.3) is 0 Å². The van der Waals surface area contributed by atoms with E-state index in [2.05, 4.69) is 15.9 Å². The summed E-state index contributed by atoms with van der Waals surface area (Å²) < 4.78 is 12.1. The standard InChI is InChI=1S/C9H13BrO3/c1-6-7(11)2-3-8(10)9(6)12-4-5-13-9/h3,6-7,11H,2,4-5H2,1H3/t6-,7-/m0/s1. The molecule has 1 spiro atoms. The second kappa shape index (κ2) is 3.35. The number of rotatable bonds is 0. The molecule has 0 saturated carbocycles. The molecule has 1 aliphatic heterocycles. The van der Waals surface area contributed by atoms with Gasteiger partial charge in [0.15, 0.2) is 0 Å². The number of halogens is 1. The van der Waals surface area contributed by atoms with Gasteiger partial charge in [-0.05, 0) is 6.42 Å². The third kappa shape index (κ3) is 1.36. The predicted molar refractivity (Wildman–Crippen MR) is 51.4 cm³/mol.